The number of aliphatic carboxylic acids is 1. The summed E-state index contributed by atoms with van der Waals surface area (Å²) in [6.07, 6.45) is 7.11. The molecule has 0 saturated carbocycles. The predicted octanol–water partition coefficient (Wildman–Crippen LogP) is 1.05. The topological polar surface area (TPSA) is 95.1 Å². The van der Waals surface area contributed by atoms with Crippen LogP contribution in [0.5, 0.6) is 0 Å². The van der Waals surface area contributed by atoms with Gasteiger partial charge >= 0.3 is 35.5 Å². The second-order valence-corrected chi connectivity index (χ2v) is 6.31. The molecule has 0 fully saturated rings. The third-order valence-electron chi connectivity index (χ3n) is 3.25. The van der Waals surface area contributed by atoms with Crippen molar-refractivity contribution in [3.63, 3.8) is 0 Å². The number of rotatable bonds is 11. The number of imidazole rings is 1. The van der Waals surface area contributed by atoms with Crippen LogP contribution < -0.4 is 5.32 Å². The Morgan fingerprint density at radius 1 is 1.35 bits per heavy atom. The predicted molar refractivity (Wildman–Crippen MR) is 98.7 cm³/mol. The van der Waals surface area contributed by atoms with E-state index in [0.717, 1.165) is 31.4 Å². The van der Waals surface area contributed by atoms with Crippen LogP contribution in [0, 0.1) is 0 Å². The van der Waals surface area contributed by atoms with Gasteiger partial charge in [-0.05, 0) is 25.0 Å². The van der Waals surface area contributed by atoms with Crippen LogP contribution >= 0.6 is 25.3 Å². The normalized spacial score (nSPS) is 13.0. The molecule has 0 spiro atoms. The molecule has 1 rings (SSSR count). The number of carboxylic acids is 1. The molecule has 6 nitrogen and oxygen atoms in total. The molecule has 23 heavy (non-hydrogen) atoms. The second kappa shape index (κ2) is 13.2. The zero-order valence-electron chi connectivity index (χ0n) is 12.4. The molecule has 0 aromatic carbocycles. The fourth-order valence-electron chi connectivity index (χ4n) is 2.04. The van der Waals surface area contributed by atoms with Gasteiger partial charge in [0.1, 0.15) is 6.04 Å². The number of carbonyl (C=O) groups is 2. The summed E-state index contributed by atoms with van der Waals surface area (Å²) in [7, 11) is 0. The molecule has 1 amide bonds. The number of H-pyrrole nitrogens is 1. The Bertz CT molecular complexity index is 460. The summed E-state index contributed by atoms with van der Waals surface area (Å²) in [4.78, 5) is 29.7. The van der Waals surface area contributed by atoms with E-state index in [1.54, 1.807) is 6.20 Å². The van der Waals surface area contributed by atoms with Crippen LogP contribution in [0.25, 0.3) is 0 Å². The van der Waals surface area contributed by atoms with Crippen molar-refractivity contribution in [2.24, 2.45) is 0 Å². The van der Waals surface area contributed by atoms with Gasteiger partial charge in [0.15, 0.2) is 0 Å². The fourth-order valence-corrected chi connectivity index (χ4v) is 2.86. The molecule has 1 heterocycles. The third-order valence-corrected chi connectivity index (χ3v) is 4.03. The zero-order valence-corrected chi connectivity index (χ0v) is 14.2. The Hall–Kier alpha value is -0.150. The first-order chi connectivity index (χ1) is 10.5. The van der Waals surface area contributed by atoms with E-state index in [9.17, 15) is 9.59 Å². The van der Waals surface area contributed by atoms with Crippen molar-refractivity contribution in [3.05, 3.63) is 18.2 Å². The second-order valence-electron chi connectivity index (χ2n) is 5.13. The van der Waals surface area contributed by atoms with Gasteiger partial charge in [0, 0.05) is 24.3 Å². The van der Waals surface area contributed by atoms with E-state index >= 15 is 0 Å². The first kappa shape index (κ1) is 22.9. The number of thiol groups is 2. The van der Waals surface area contributed by atoms with E-state index in [1.165, 1.54) is 6.33 Å². The number of carboxylic acid groups (broad SMARTS) is 1. The van der Waals surface area contributed by atoms with Gasteiger partial charge < -0.3 is 15.4 Å². The zero-order chi connectivity index (χ0) is 16.4. The summed E-state index contributed by atoms with van der Waals surface area (Å²) < 4.78 is 0. The molecule has 0 aliphatic carbocycles. The summed E-state index contributed by atoms with van der Waals surface area (Å²) >= 11 is 8.58. The molecule has 0 aliphatic rings. The first-order valence-electron chi connectivity index (χ1n) is 7.31. The van der Waals surface area contributed by atoms with Gasteiger partial charge in [0.05, 0.1) is 12.0 Å². The third kappa shape index (κ3) is 10.3. The van der Waals surface area contributed by atoms with Crippen LogP contribution in [0.15, 0.2) is 12.5 Å². The Balaban J connectivity index is 0.00000484. The van der Waals surface area contributed by atoms with Crippen molar-refractivity contribution in [3.8, 4) is 0 Å². The van der Waals surface area contributed by atoms with E-state index in [0.29, 0.717) is 17.4 Å². The average molecular weight is 369 g/mol. The molecule has 0 saturated heterocycles. The van der Waals surface area contributed by atoms with Crippen molar-refractivity contribution >= 4 is 66.7 Å². The minimum atomic E-state index is -1.06. The molecular weight excluding hydrogens is 345 g/mol. The van der Waals surface area contributed by atoms with E-state index < -0.39 is 12.0 Å². The first-order valence-corrected chi connectivity index (χ1v) is 8.46. The van der Waals surface area contributed by atoms with Crippen LogP contribution in [-0.2, 0) is 16.0 Å². The average Bonchev–Trinajstić information content (AvgIpc) is 2.96. The van der Waals surface area contributed by atoms with E-state index in [-0.39, 0.29) is 41.9 Å². The Kier molecular flexibility index (Phi) is 13.1. The maximum atomic E-state index is 11.8. The summed E-state index contributed by atoms with van der Waals surface area (Å²) in [5, 5.41) is 12.0. The molecule has 9 heteroatoms. The van der Waals surface area contributed by atoms with Gasteiger partial charge in [-0.15, -0.1) is 0 Å². The Morgan fingerprint density at radius 2 is 2.09 bits per heavy atom. The molecule has 3 N–H and O–H groups in total. The van der Waals surface area contributed by atoms with Crippen molar-refractivity contribution in [1.82, 2.24) is 15.3 Å². The molecule has 0 radical (unpaired) electrons. The summed E-state index contributed by atoms with van der Waals surface area (Å²) in [6, 6.07) is -0.947. The number of aromatic nitrogens is 2. The van der Waals surface area contributed by atoms with Crippen LogP contribution in [0.2, 0.25) is 0 Å². The molecule has 1 aromatic rings. The maximum absolute atomic E-state index is 11.8. The van der Waals surface area contributed by atoms with Gasteiger partial charge in [0.25, 0.3) is 0 Å². The fraction of sp³-hybridized carbons (Fsp3) is 0.643. The van der Waals surface area contributed by atoms with Crippen LogP contribution in [-0.4, -0.2) is 73.6 Å². The van der Waals surface area contributed by atoms with Crippen LogP contribution in [0.4, 0.5) is 0 Å². The van der Waals surface area contributed by atoms with Gasteiger partial charge in [-0.25, -0.2) is 9.78 Å². The minimum absolute atomic E-state index is 0. The van der Waals surface area contributed by atoms with Gasteiger partial charge in [-0.2, -0.15) is 25.3 Å². The summed E-state index contributed by atoms with van der Waals surface area (Å²) in [5.41, 5.74) is 0.609. The number of nitrogens with zero attached hydrogens (tertiary/aromatic N) is 1. The van der Waals surface area contributed by atoms with Crippen LogP contribution in [0.3, 0.4) is 0 Å². The molecule has 1 aromatic heterocycles. The van der Waals surface area contributed by atoms with E-state index in [4.69, 9.17) is 5.11 Å². The molecule has 0 aliphatic heterocycles. The van der Waals surface area contributed by atoms with Crippen molar-refractivity contribution < 1.29 is 14.7 Å². The molecule has 2 atom stereocenters. The number of unbranched alkanes of at least 4 members (excludes halogenated alkanes) is 1. The molecule has 0 bridgehead atoms. The quantitative estimate of drug-likeness (QED) is 0.229. The molecule has 126 valence electrons. The number of hydrogen-bond donors (Lipinski definition) is 5. The number of amides is 1. The van der Waals surface area contributed by atoms with Gasteiger partial charge in [-0.3, -0.25) is 4.79 Å². The Labute approximate surface area is 169 Å². The number of hydrogen-bond acceptors (Lipinski definition) is 5. The number of nitrogens with one attached hydrogen (secondary N) is 2. The standard InChI is InChI=1S/C14H23N3O3S2.Na.H/c18-13(4-2-1-3-11(22)5-6-21)17-12(14(19)20)7-10-8-15-9-16-10;;/h8-9,11-12,21-22H,1-7H2,(H,15,16)(H,17,18)(H,19,20);;/t11?,12-;;/m0../s1. The molecule has 1 unspecified atom stereocenters. The molecular formula is C14H24N3NaO3S2. The van der Waals surface area contributed by atoms with Crippen molar-refractivity contribution in [1.29, 1.82) is 0 Å². The summed E-state index contributed by atoms with van der Waals surface area (Å²) in [6.45, 7) is 0. The SMILES string of the molecule is O=C(CCCCC(S)CCS)N[C@@H](Cc1c[nH]cn1)C(=O)O.[NaH]. The van der Waals surface area contributed by atoms with Gasteiger partial charge in [-0.1, -0.05) is 6.42 Å². The summed E-state index contributed by atoms with van der Waals surface area (Å²) in [5.74, 6) is -0.490. The van der Waals surface area contributed by atoms with Crippen molar-refractivity contribution in [2.75, 3.05) is 5.75 Å². The van der Waals surface area contributed by atoms with E-state index in [1.807, 2.05) is 0 Å². The van der Waals surface area contributed by atoms with Crippen molar-refractivity contribution in [2.45, 2.75) is 49.8 Å². The van der Waals surface area contributed by atoms with Crippen LogP contribution in [0.1, 0.15) is 37.8 Å². The Morgan fingerprint density at radius 3 is 2.65 bits per heavy atom. The monoisotopic (exact) mass is 369 g/mol. The van der Waals surface area contributed by atoms with Gasteiger partial charge in [0.2, 0.25) is 5.91 Å². The van der Waals surface area contributed by atoms with E-state index in [2.05, 4.69) is 40.5 Å². The number of aromatic amines is 1. The number of carbonyl (C=O) groups excluding carboxylic acids is 1.